The van der Waals surface area contributed by atoms with Crippen molar-refractivity contribution in [2.75, 3.05) is 20.1 Å². The van der Waals surface area contributed by atoms with Gasteiger partial charge in [0.2, 0.25) is 0 Å². The molecule has 0 aliphatic rings. The smallest absolute Gasteiger partial charge is 0.0863 e. The fourth-order valence-electron chi connectivity index (χ4n) is 0.751. The molecule has 0 fully saturated rings. The van der Waals surface area contributed by atoms with E-state index in [0.29, 0.717) is 12.5 Å². The third-order valence-electron chi connectivity index (χ3n) is 1.34. The third kappa shape index (κ3) is 4.11. The van der Waals surface area contributed by atoms with Crippen LogP contribution in [0.15, 0.2) is 12.7 Å². The molecule has 56 valence electrons. The number of nitrogens with zero attached hydrogens (tertiary/aromatic N) is 2. The van der Waals surface area contributed by atoms with E-state index in [2.05, 4.69) is 19.6 Å². The Morgan fingerprint density at radius 2 is 2.40 bits per heavy atom. The van der Waals surface area contributed by atoms with E-state index in [1.807, 2.05) is 18.0 Å². The Kier molecular flexibility index (Phi) is 4.61. The standard InChI is InChI=1S/C8H14N2/c1-4-8(2)7-10(3)6-5-9/h4,8H,1,6-7H2,2-3H3. The number of hydrogen-bond acceptors (Lipinski definition) is 2. The van der Waals surface area contributed by atoms with Crippen molar-refractivity contribution < 1.29 is 0 Å². The Bertz CT molecular complexity index is 135. The quantitative estimate of drug-likeness (QED) is 0.432. The molecule has 0 aromatic carbocycles. The van der Waals surface area contributed by atoms with E-state index in [1.165, 1.54) is 0 Å². The highest BCUT2D eigenvalue weighted by Crippen LogP contribution is 1.96. The maximum absolute atomic E-state index is 8.30. The molecule has 2 heteroatoms. The zero-order valence-corrected chi connectivity index (χ0v) is 6.67. The van der Waals surface area contributed by atoms with Gasteiger partial charge in [0.1, 0.15) is 0 Å². The van der Waals surface area contributed by atoms with E-state index in [1.54, 1.807) is 0 Å². The molecule has 0 N–H and O–H groups in total. The Hall–Kier alpha value is -0.810. The van der Waals surface area contributed by atoms with Gasteiger partial charge >= 0.3 is 0 Å². The fraction of sp³-hybridized carbons (Fsp3) is 0.625. The lowest BCUT2D eigenvalue weighted by Crippen LogP contribution is -2.23. The molecule has 0 aliphatic carbocycles. The Labute approximate surface area is 62.8 Å². The number of rotatable bonds is 4. The third-order valence-corrected chi connectivity index (χ3v) is 1.34. The van der Waals surface area contributed by atoms with Crippen LogP contribution in [0.4, 0.5) is 0 Å². The summed E-state index contributed by atoms with van der Waals surface area (Å²) in [6.45, 7) is 7.16. The van der Waals surface area contributed by atoms with Crippen molar-refractivity contribution in [2.45, 2.75) is 6.92 Å². The largest absolute Gasteiger partial charge is 0.293 e. The lowest BCUT2D eigenvalue weighted by molar-refractivity contribution is 0.342. The lowest BCUT2D eigenvalue weighted by atomic mass is 10.2. The SMILES string of the molecule is C=CC(C)CN(C)CC#N. The van der Waals surface area contributed by atoms with Crippen LogP contribution in [-0.2, 0) is 0 Å². The Balaban J connectivity index is 3.48. The van der Waals surface area contributed by atoms with Crippen LogP contribution in [0.3, 0.4) is 0 Å². The highest BCUT2D eigenvalue weighted by molar-refractivity contribution is 4.80. The van der Waals surface area contributed by atoms with Gasteiger partial charge in [0.25, 0.3) is 0 Å². The van der Waals surface area contributed by atoms with E-state index < -0.39 is 0 Å². The summed E-state index contributed by atoms with van der Waals surface area (Å²) in [6, 6.07) is 2.09. The van der Waals surface area contributed by atoms with Gasteiger partial charge in [-0.3, -0.25) is 4.90 Å². The summed E-state index contributed by atoms with van der Waals surface area (Å²) in [7, 11) is 1.93. The van der Waals surface area contributed by atoms with Gasteiger partial charge in [-0.1, -0.05) is 13.0 Å². The van der Waals surface area contributed by atoms with Crippen LogP contribution in [0.25, 0.3) is 0 Å². The Morgan fingerprint density at radius 1 is 1.80 bits per heavy atom. The zero-order valence-electron chi connectivity index (χ0n) is 6.67. The Morgan fingerprint density at radius 3 is 2.80 bits per heavy atom. The van der Waals surface area contributed by atoms with E-state index in [4.69, 9.17) is 5.26 Å². The molecule has 0 heterocycles. The van der Waals surface area contributed by atoms with Crippen molar-refractivity contribution in [3.05, 3.63) is 12.7 Å². The average Bonchev–Trinajstić information content (AvgIpc) is 1.88. The fourth-order valence-corrected chi connectivity index (χ4v) is 0.751. The van der Waals surface area contributed by atoms with Crippen molar-refractivity contribution in [2.24, 2.45) is 5.92 Å². The second kappa shape index (κ2) is 5.01. The summed E-state index contributed by atoms with van der Waals surface area (Å²) >= 11 is 0. The molecule has 0 rings (SSSR count). The first-order valence-corrected chi connectivity index (χ1v) is 3.38. The molecular formula is C8H14N2. The molecule has 0 saturated heterocycles. The monoisotopic (exact) mass is 138 g/mol. The average molecular weight is 138 g/mol. The molecule has 0 aliphatic heterocycles. The highest BCUT2D eigenvalue weighted by atomic mass is 15.1. The van der Waals surface area contributed by atoms with E-state index in [0.717, 1.165) is 6.54 Å². The normalized spacial score (nSPS) is 12.6. The van der Waals surface area contributed by atoms with Crippen LogP contribution in [0.1, 0.15) is 6.92 Å². The van der Waals surface area contributed by atoms with Crippen LogP contribution in [0.5, 0.6) is 0 Å². The van der Waals surface area contributed by atoms with E-state index in [9.17, 15) is 0 Å². The van der Waals surface area contributed by atoms with Crippen molar-refractivity contribution in [3.63, 3.8) is 0 Å². The van der Waals surface area contributed by atoms with Gasteiger partial charge in [-0.2, -0.15) is 5.26 Å². The molecule has 0 aromatic heterocycles. The van der Waals surface area contributed by atoms with Gasteiger partial charge in [0.05, 0.1) is 12.6 Å². The molecule has 0 bridgehead atoms. The maximum Gasteiger partial charge on any atom is 0.0863 e. The first-order valence-electron chi connectivity index (χ1n) is 3.38. The van der Waals surface area contributed by atoms with Gasteiger partial charge in [-0.25, -0.2) is 0 Å². The molecule has 2 nitrogen and oxygen atoms in total. The van der Waals surface area contributed by atoms with E-state index >= 15 is 0 Å². The van der Waals surface area contributed by atoms with Gasteiger partial charge in [-0.05, 0) is 13.0 Å². The summed E-state index contributed by atoms with van der Waals surface area (Å²) in [5.74, 6) is 0.471. The summed E-state index contributed by atoms with van der Waals surface area (Å²) < 4.78 is 0. The maximum atomic E-state index is 8.30. The second-order valence-electron chi connectivity index (χ2n) is 2.57. The minimum Gasteiger partial charge on any atom is -0.293 e. The van der Waals surface area contributed by atoms with Gasteiger partial charge < -0.3 is 0 Å². The first kappa shape index (κ1) is 9.19. The molecule has 0 saturated carbocycles. The van der Waals surface area contributed by atoms with Crippen molar-refractivity contribution in [1.29, 1.82) is 5.26 Å². The lowest BCUT2D eigenvalue weighted by Gasteiger charge is -2.14. The molecule has 0 spiro atoms. The number of nitriles is 1. The van der Waals surface area contributed by atoms with Gasteiger partial charge in [-0.15, -0.1) is 6.58 Å². The molecule has 1 atom stereocenters. The molecular weight excluding hydrogens is 124 g/mol. The van der Waals surface area contributed by atoms with Gasteiger partial charge in [0, 0.05) is 6.54 Å². The molecule has 0 amide bonds. The van der Waals surface area contributed by atoms with Crippen molar-refractivity contribution in [3.8, 4) is 6.07 Å². The molecule has 10 heavy (non-hydrogen) atoms. The van der Waals surface area contributed by atoms with Crippen molar-refractivity contribution in [1.82, 2.24) is 4.90 Å². The topological polar surface area (TPSA) is 27.0 Å². The molecule has 0 radical (unpaired) electrons. The van der Waals surface area contributed by atoms with Crippen LogP contribution >= 0.6 is 0 Å². The van der Waals surface area contributed by atoms with Gasteiger partial charge in [0.15, 0.2) is 0 Å². The highest BCUT2D eigenvalue weighted by Gasteiger charge is 2.00. The predicted molar refractivity (Wildman–Crippen MR) is 42.5 cm³/mol. The summed E-state index contributed by atoms with van der Waals surface area (Å²) in [5.41, 5.74) is 0. The minimum absolute atomic E-state index is 0.471. The first-order chi connectivity index (χ1) is 4.70. The van der Waals surface area contributed by atoms with Crippen LogP contribution < -0.4 is 0 Å². The molecule has 0 aromatic rings. The van der Waals surface area contributed by atoms with E-state index in [-0.39, 0.29) is 0 Å². The van der Waals surface area contributed by atoms with Crippen molar-refractivity contribution >= 4 is 0 Å². The summed E-state index contributed by atoms with van der Waals surface area (Å²) in [5, 5.41) is 8.30. The zero-order chi connectivity index (χ0) is 7.98. The summed E-state index contributed by atoms with van der Waals surface area (Å²) in [4.78, 5) is 1.98. The van der Waals surface area contributed by atoms with Crippen LogP contribution in [0.2, 0.25) is 0 Å². The minimum atomic E-state index is 0.471. The number of hydrogen-bond donors (Lipinski definition) is 0. The van der Waals surface area contributed by atoms with Crippen LogP contribution in [-0.4, -0.2) is 25.0 Å². The van der Waals surface area contributed by atoms with Crippen LogP contribution in [0, 0.1) is 17.2 Å². The predicted octanol–water partition coefficient (Wildman–Crippen LogP) is 1.26. The molecule has 1 unspecified atom stereocenters. The summed E-state index contributed by atoms with van der Waals surface area (Å²) in [6.07, 6.45) is 1.90. The second-order valence-corrected chi connectivity index (χ2v) is 2.57.